The Morgan fingerprint density at radius 1 is 1.41 bits per heavy atom. The van der Waals surface area contributed by atoms with E-state index in [1.54, 1.807) is 0 Å². The van der Waals surface area contributed by atoms with E-state index in [0.29, 0.717) is 5.75 Å². The summed E-state index contributed by atoms with van der Waals surface area (Å²) in [7, 11) is 0. The SMILES string of the molecule is O=C(O)c1cc(Cl)ccc1C(O)C(O)CCS. The zero-order valence-electron chi connectivity index (χ0n) is 8.88. The monoisotopic (exact) mass is 276 g/mol. The third-order valence-electron chi connectivity index (χ3n) is 2.35. The van der Waals surface area contributed by atoms with Gasteiger partial charge < -0.3 is 15.3 Å². The molecule has 0 spiro atoms. The number of carboxylic acids is 1. The molecule has 0 radical (unpaired) electrons. The van der Waals surface area contributed by atoms with E-state index in [1.165, 1.54) is 18.2 Å². The summed E-state index contributed by atoms with van der Waals surface area (Å²) in [5.74, 6) is -0.798. The number of hydrogen-bond acceptors (Lipinski definition) is 4. The van der Waals surface area contributed by atoms with E-state index < -0.39 is 18.2 Å². The molecule has 0 saturated heterocycles. The summed E-state index contributed by atoms with van der Waals surface area (Å²) in [5, 5.41) is 28.7. The summed E-state index contributed by atoms with van der Waals surface area (Å²) in [6.07, 6.45) is -2.04. The van der Waals surface area contributed by atoms with E-state index in [0.717, 1.165) is 0 Å². The molecule has 6 heteroatoms. The smallest absolute Gasteiger partial charge is 0.336 e. The van der Waals surface area contributed by atoms with Crippen molar-refractivity contribution in [2.24, 2.45) is 0 Å². The average Bonchev–Trinajstić information content (AvgIpc) is 2.28. The van der Waals surface area contributed by atoms with Crippen molar-refractivity contribution in [2.45, 2.75) is 18.6 Å². The number of aliphatic hydroxyl groups is 2. The summed E-state index contributed by atoms with van der Waals surface area (Å²) in [6.45, 7) is 0. The molecule has 0 aliphatic rings. The van der Waals surface area contributed by atoms with Crippen molar-refractivity contribution >= 4 is 30.2 Å². The molecule has 0 aliphatic heterocycles. The van der Waals surface area contributed by atoms with Gasteiger partial charge in [0.1, 0.15) is 6.10 Å². The summed E-state index contributed by atoms with van der Waals surface area (Å²) < 4.78 is 0. The van der Waals surface area contributed by atoms with Crippen LogP contribution in [-0.4, -0.2) is 33.1 Å². The fraction of sp³-hybridized carbons (Fsp3) is 0.364. The van der Waals surface area contributed by atoms with Crippen molar-refractivity contribution in [3.8, 4) is 0 Å². The first-order valence-corrected chi connectivity index (χ1v) is 5.98. The molecule has 0 saturated carbocycles. The number of benzene rings is 1. The van der Waals surface area contributed by atoms with Crippen LogP contribution in [0.3, 0.4) is 0 Å². The van der Waals surface area contributed by atoms with Crippen LogP contribution in [0.5, 0.6) is 0 Å². The second-order valence-corrected chi connectivity index (χ2v) is 4.44. The molecule has 17 heavy (non-hydrogen) atoms. The quantitative estimate of drug-likeness (QED) is 0.618. The van der Waals surface area contributed by atoms with E-state index in [-0.39, 0.29) is 22.6 Å². The lowest BCUT2D eigenvalue weighted by Crippen LogP contribution is -2.21. The zero-order valence-corrected chi connectivity index (χ0v) is 10.5. The number of aromatic carboxylic acids is 1. The lowest BCUT2D eigenvalue weighted by molar-refractivity contribution is 0.0162. The Morgan fingerprint density at radius 2 is 2.06 bits per heavy atom. The molecule has 0 fully saturated rings. The zero-order chi connectivity index (χ0) is 13.0. The van der Waals surface area contributed by atoms with Crippen molar-refractivity contribution in [2.75, 3.05) is 5.75 Å². The summed E-state index contributed by atoms with van der Waals surface area (Å²) in [4.78, 5) is 11.0. The van der Waals surface area contributed by atoms with Gasteiger partial charge in [0, 0.05) is 5.02 Å². The maximum absolute atomic E-state index is 11.0. The number of carbonyl (C=O) groups is 1. The molecular weight excluding hydrogens is 264 g/mol. The van der Waals surface area contributed by atoms with Crippen LogP contribution in [0.4, 0.5) is 0 Å². The number of halogens is 1. The summed E-state index contributed by atoms with van der Waals surface area (Å²) >= 11 is 9.63. The summed E-state index contributed by atoms with van der Waals surface area (Å²) in [5.41, 5.74) is 0.0411. The maximum Gasteiger partial charge on any atom is 0.336 e. The lowest BCUT2D eigenvalue weighted by atomic mass is 9.97. The second-order valence-electron chi connectivity index (χ2n) is 3.56. The van der Waals surface area contributed by atoms with Crippen LogP contribution in [-0.2, 0) is 0 Å². The highest BCUT2D eigenvalue weighted by Gasteiger charge is 2.23. The number of rotatable bonds is 5. The number of thiol groups is 1. The molecule has 0 aromatic heterocycles. The van der Waals surface area contributed by atoms with Crippen molar-refractivity contribution in [1.82, 2.24) is 0 Å². The van der Waals surface area contributed by atoms with Crippen molar-refractivity contribution < 1.29 is 20.1 Å². The molecular formula is C11H13ClO4S. The molecule has 3 N–H and O–H groups in total. The van der Waals surface area contributed by atoms with Gasteiger partial charge in [-0.15, -0.1) is 0 Å². The Kier molecular flexibility index (Phi) is 5.27. The Labute approximate surface area is 109 Å². The van der Waals surface area contributed by atoms with E-state index in [2.05, 4.69) is 12.6 Å². The maximum atomic E-state index is 11.0. The molecule has 94 valence electrons. The average molecular weight is 277 g/mol. The van der Waals surface area contributed by atoms with Gasteiger partial charge in [0.05, 0.1) is 11.7 Å². The minimum atomic E-state index is -1.26. The van der Waals surface area contributed by atoms with Crippen LogP contribution in [0.1, 0.15) is 28.4 Å². The molecule has 1 rings (SSSR count). The van der Waals surface area contributed by atoms with Crippen LogP contribution in [0.25, 0.3) is 0 Å². The van der Waals surface area contributed by atoms with E-state index in [1.807, 2.05) is 0 Å². The Balaban J connectivity index is 3.08. The van der Waals surface area contributed by atoms with Gasteiger partial charge in [-0.1, -0.05) is 17.7 Å². The molecule has 2 unspecified atom stereocenters. The van der Waals surface area contributed by atoms with Gasteiger partial charge >= 0.3 is 5.97 Å². The first-order valence-electron chi connectivity index (χ1n) is 4.97. The van der Waals surface area contributed by atoms with Crippen molar-refractivity contribution in [3.05, 3.63) is 34.3 Å². The molecule has 0 aliphatic carbocycles. The predicted molar refractivity (Wildman–Crippen MR) is 67.8 cm³/mol. The highest BCUT2D eigenvalue weighted by atomic mass is 35.5. The molecule has 2 atom stereocenters. The molecule has 0 bridgehead atoms. The summed E-state index contributed by atoms with van der Waals surface area (Å²) in [6, 6.07) is 4.12. The van der Waals surface area contributed by atoms with Crippen molar-refractivity contribution in [1.29, 1.82) is 0 Å². The molecule has 1 aromatic rings. The molecule has 1 aromatic carbocycles. The fourth-order valence-electron chi connectivity index (χ4n) is 1.47. The van der Waals surface area contributed by atoms with Crippen LogP contribution < -0.4 is 0 Å². The molecule has 0 amide bonds. The van der Waals surface area contributed by atoms with Gasteiger partial charge in [0.15, 0.2) is 0 Å². The predicted octanol–water partition coefficient (Wildman–Crippen LogP) is 1.75. The molecule has 0 heterocycles. The normalized spacial score (nSPS) is 14.4. The first-order chi connectivity index (χ1) is 7.97. The van der Waals surface area contributed by atoms with E-state index in [4.69, 9.17) is 16.7 Å². The highest BCUT2D eigenvalue weighted by Crippen LogP contribution is 2.25. The third kappa shape index (κ3) is 3.61. The first kappa shape index (κ1) is 14.3. The number of hydrogen-bond donors (Lipinski definition) is 4. The highest BCUT2D eigenvalue weighted by molar-refractivity contribution is 7.80. The van der Waals surface area contributed by atoms with Crippen molar-refractivity contribution in [3.63, 3.8) is 0 Å². The minimum absolute atomic E-state index is 0.108. The van der Waals surface area contributed by atoms with Gasteiger partial charge in [-0.2, -0.15) is 12.6 Å². The van der Waals surface area contributed by atoms with Crippen LogP contribution in [0, 0.1) is 0 Å². The van der Waals surface area contributed by atoms with E-state index in [9.17, 15) is 15.0 Å². The Hall–Kier alpha value is -0.750. The fourth-order valence-corrected chi connectivity index (χ4v) is 1.91. The topological polar surface area (TPSA) is 77.8 Å². The Morgan fingerprint density at radius 3 is 2.59 bits per heavy atom. The standard InChI is InChI=1S/C11H13ClO4S/c12-6-1-2-7(8(5-6)11(15)16)10(14)9(13)3-4-17/h1-2,5,9-10,13-14,17H,3-4H2,(H,15,16). The lowest BCUT2D eigenvalue weighted by Gasteiger charge is -2.19. The number of aliphatic hydroxyl groups excluding tert-OH is 2. The Bertz CT molecular complexity index is 410. The van der Waals surface area contributed by atoms with Crippen LogP contribution in [0.15, 0.2) is 18.2 Å². The third-order valence-corrected chi connectivity index (χ3v) is 2.85. The molecule has 4 nitrogen and oxygen atoms in total. The van der Waals surface area contributed by atoms with E-state index >= 15 is 0 Å². The van der Waals surface area contributed by atoms with Gasteiger partial charge in [0.25, 0.3) is 0 Å². The largest absolute Gasteiger partial charge is 0.478 e. The van der Waals surface area contributed by atoms with Crippen LogP contribution in [0.2, 0.25) is 5.02 Å². The van der Waals surface area contributed by atoms with Gasteiger partial charge in [-0.05, 0) is 29.9 Å². The number of carboxylic acid groups (broad SMARTS) is 1. The van der Waals surface area contributed by atoms with Gasteiger partial charge in [-0.3, -0.25) is 0 Å². The van der Waals surface area contributed by atoms with Crippen LogP contribution >= 0.6 is 24.2 Å². The second kappa shape index (κ2) is 6.26. The minimum Gasteiger partial charge on any atom is -0.478 e. The van der Waals surface area contributed by atoms with Gasteiger partial charge in [-0.25, -0.2) is 4.79 Å². The van der Waals surface area contributed by atoms with Gasteiger partial charge in [0.2, 0.25) is 0 Å².